The molecule has 0 atom stereocenters. The number of nitrogens with two attached hydrogens (primary N) is 1. The molecule has 1 fully saturated rings. The molecule has 92 valence electrons. The van der Waals surface area contributed by atoms with Crippen LogP contribution >= 0.6 is 15.9 Å². The number of benzene rings is 1. The third-order valence-corrected chi connectivity index (χ3v) is 3.83. The number of carbonyl (C=O) groups excluding carboxylic acids is 1. The first kappa shape index (κ1) is 12.6. The van der Waals surface area contributed by atoms with E-state index < -0.39 is 0 Å². The van der Waals surface area contributed by atoms with Crippen molar-refractivity contribution >= 4 is 27.5 Å². The van der Waals surface area contributed by atoms with Crippen molar-refractivity contribution in [1.82, 2.24) is 0 Å². The molecule has 0 radical (unpaired) electrons. The van der Waals surface area contributed by atoms with Gasteiger partial charge in [-0.05, 0) is 43.9 Å². The largest absolute Gasteiger partial charge is 0.326 e. The van der Waals surface area contributed by atoms with Crippen LogP contribution in [0.5, 0.6) is 0 Å². The summed E-state index contributed by atoms with van der Waals surface area (Å²) >= 11 is 3.40. The van der Waals surface area contributed by atoms with Crippen molar-refractivity contribution in [1.29, 1.82) is 0 Å². The van der Waals surface area contributed by atoms with Crippen molar-refractivity contribution in [3.05, 3.63) is 28.2 Å². The molecule has 2 rings (SSSR count). The van der Waals surface area contributed by atoms with Gasteiger partial charge in [-0.2, -0.15) is 0 Å². The number of carbonyl (C=O) groups is 1. The first-order chi connectivity index (χ1) is 7.98. The van der Waals surface area contributed by atoms with Gasteiger partial charge >= 0.3 is 0 Å². The van der Waals surface area contributed by atoms with E-state index in [1.807, 2.05) is 25.1 Å². The number of anilines is 1. The van der Waals surface area contributed by atoms with Crippen LogP contribution in [-0.2, 0) is 4.79 Å². The van der Waals surface area contributed by atoms with Crippen molar-refractivity contribution in [3.63, 3.8) is 0 Å². The molecule has 0 spiro atoms. The molecule has 3 N–H and O–H groups in total. The number of halogens is 1. The van der Waals surface area contributed by atoms with Crippen molar-refractivity contribution in [3.8, 4) is 0 Å². The lowest BCUT2D eigenvalue weighted by atomic mass is 9.75. The van der Waals surface area contributed by atoms with Gasteiger partial charge in [0.15, 0.2) is 0 Å². The Morgan fingerprint density at radius 2 is 2.24 bits per heavy atom. The van der Waals surface area contributed by atoms with Crippen LogP contribution in [0.25, 0.3) is 0 Å². The summed E-state index contributed by atoms with van der Waals surface area (Å²) in [6.07, 6.45) is 3.47. The van der Waals surface area contributed by atoms with Crippen molar-refractivity contribution < 1.29 is 4.79 Å². The Morgan fingerprint density at radius 3 is 2.82 bits per heavy atom. The fourth-order valence-electron chi connectivity index (χ4n) is 2.05. The minimum absolute atomic E-state index is 0.00778. The van der Waals surface area contributed by atoms with Gasteiger partial charge in [0.05, 0.1) is 0 Å². The standard InChI is InChI=1S/C13H17BrN2O/c1-9-3-4-10(14)7-11(9)16-12(17)8-13(15)5-2-6-13/h3-4,7H,2,5-6,8,15H2,1H3,(H,16,17). The third kappa shape index (κ3) is 3.07. The number of nitrogens with one attached hydrogen (secondary N) is 1. The molecule has 0 heterocycles. The van der Waals surface area contributed by atoms with Crippen LogP contribution in [0.1, 0.15) is 31.2 Å². The van der Waals surface area contributed by atoms with E-state index in [4.69, 9.17) is 5.73 Å². The quantitative estimate of drug-likeness (QED) is 0.901. The second-order valence-electron chi connectivity index (χ2n) is 4.90. The van der Waals surface area contributed by atoms with Gasteiger partial charge in [0, 0.05) is 22.1 Å². The molecule has 1 aromatic carbocycles. The van der Waals surface area contributed by atoms with Crippen LogP contribution in [0.4, 0.5) is 5.69 Å². The molecule has 0 aliphatic heterocycles. The summed E-state index contributed by atoms with van der Waals surface area (Å²) in [5, 5.41) is 2.93. The highest BCUT2D eigenvalue weighted by atomic mass is 79.9. The van der Waals surface area contributed by atoms with E-state index in [9.17, 15) is 4.79 Å². The molecule has 0 aromatic heterocycles. The molecule has 3 nitrogen and oxygen atoms in total. The fourth-order valence-corrected chi connectivity index (χ4v) is 2.41. The van der Waals surface area contributed by atoms with Crippen molar-refractivity contribution in [2.75, 3.05) is 5.32 Å². The topological polar surface area (TPSA) is 55.1 Å². The zero-order valence-electron chi connectivity index (χ0n) is 9.92. The lowest BCUT2D eigenvalue weighted by molar-refractivity contribution is -0.118. The predicted molar refractivity (Wildman–Crippen MR) is 72.9 cm³/mol. The fraction of sp³-hybridized carbons (Fsp3) is 0.462. The van der Waals surface area contributed by atoms with E-state index in [0.29, 0.717) is 6.42 Å². The molecule has 0 bridgehead atoms. The summed E-state index contributed by atoms with van der Waals surface area (Å²) in [5.74, 6) is 0.00778. The molecule has 1 aliphatic rings. The Morgan fingerprint density at radius 1 is 1.53 bits per heavy atom. The van der Waals surface area contributed by atoms with Crippen LogP contribution in [0.3, 0.4) is 0 Å². The van der Waals surface area contributed by atoms with Gasteiger partial charge in [-0.25, -0.2) is 0 Å². The smallest absolute Gasteiger partial charge is 0.226 e. The maximum absolute atomic E-state index is 11.9. The Kier molecular flexibility index (Phi) is 3.54. The molecule has 17 heavy (non-hydrogen) atoms. The van der Waals surface area contributed by atoms with Gasteiger partial charge in [-0.15, -0.1) is 0 Å². The van der Waals surface area contributed by atoms with E-state index >= 15 is 0 Å². The maximum atomic E-state index is 11.9. The molecule has 1 aromatic rings. The number of hydrogen-bond donors (Lipinski definition) is 2. The van der Waals surface area contributed by atoms with Crippen molar-refractivity contribution in [2.45, 2.75) is 38.1 Å². The lowest BCUT2D eigenvalue weighted by Crippen LogP contribution is -2.48. The lowest BCUT2D eigenvalue weighted by Gasteiger charge is -2.37. The van der Waals surface area contributed by atoms with Crippen LogP contribution in [0.15, 0.2) is 22.7 Å². The Bertz CT molecular complexity index is 441. The summed E-state index contributed by atoms with van der Waals surface area (Å²) in [5.41, 5.74) is 7.71. The zero-order valence-corrected chi connectivity index (χ0v) is 11.5. The number of rotatable bonds is 3. The monoisotopic (exact) mass is 296 g/mol. The minimum Gasteiger partial charge on any atom is -0.326 e. The van der Waals surface area contributed by atoms with Crippen molar-refractivity contribution in [2.24, 2.45) is 5.73 Å². The zero-order chi connectivity index (χ0) is 12.5. The van der Waals surface area contributed by atoms with Crippen LogP contribution < -0.4 is 11.1 Å². The highest BCUT2D eigenvalue weighted by Crippen LogP contribution is 2.32. The van der Waals surface area contributed by atoms with E-state index in [-0.39, 0.29) is 11.4 Å². The average Bonchev–Trinajstić information content (AvgIpc) is 2.21. The Labute approximate surface area is 110 Å². The summed E-state index contributed by atoms with van der Waals surface area (Å²) in [6, 6.07) is 5.85. The average molecular weight is 297 g/mol. The van der Waals surface area contributed by atoms with E-state index in [2.05, 4.69) is 21.2 Å². The Hall–Kier alpha value is -0.870. The minimum atomic E-state index is -0.260. The summed E-state index contributed by atoms with van der Waals surface area (Å²) in [7, 11) is 0. The summed E-state index contributed by atoms with van der Waals surface area (Å²) in [6.45, 7) is 1.98. The summed E-state index contributed by atoms with van der Waals surface area (Å²) in [4.78, 5) is 11.9. The van der Waals surface area contributed by atoms with Gasteiger partial charge in [0.1, 0.15) is 0 Å². The molecule has 0 unspecified atom stereocenters. The van der Waals surface area contributed by atoms with Gasteiger partial charge in [-0.3, -0.25) is 4.79 Å². The first-order valence-corrected chi connectivity index (χ1v) is 6.63. The highest BCUT2D eigenvalue weighted by molar-refractivity contribution is 9.10. The van der Waals surface area contributed by atoms with Gasteiger partial charge in [-0.1, -0.05) is 22.0 Å². The van der Waals surface area contributed by atoms with E-state index in [1.54, 1.807) is 0 Å². The van der Waals surface area contributed by atoms with Gasteiger partial charge in [0.2, 0.25) is 5.91 Å². The molecule has 1 aliphatic carbocycles. The molecule has 1 saturated carbocycles. The third-order valence-electron chi connectivity index (χ3n) is 3.34. The predicted octanol–water partition coefficient (Wildman–Crippen LogP) is 2.97. The normalized spacial score (nSPS) is 17.4. The van der Waals surface area contributed by atoms with Gasteiger partial charge in [0.25, 0.3) is 0 Å². The molecule has 0 saturated heterocycles. The van der Waals surface area contributed by atoms with Gasteiger partial charge < -0.3 is 11.1 Å². The second kappa shape index (κ2) is 4.78. The summed E-state index contributed by atoms with van der Waals surface area (Å²) < 4.78 is 0.963. The van der Waals surface area contributed by atoms with Crippen LogP contribution in [0, 0.1) is 6.92 Å². The Balaban J connectivity index is 2.00. The highest BCUT2D eigenvalue weighted by Gasteiger charge is 2.34. The first-order valence-electron chi connectivity index (χ1n) is 5.83. The number of amides is 1. The van der Waals surface area contributed by atoms with Crippen LogP contribution in [-0.4, -0.2) is 11.4 Å². The number of hydrogen-bond acceptors (Lipinski definition) is 2. The molecular weight excluding hydrogens is 280 g/mol. The molecular formula is C13H17BrN2O. The number of aryl methyl sites for hydroxylation is 1. The van der Waals surface area contributed by atoms with E-state index in [0.717, 1.165) is 35.0 Å². The van der Waals surface area contributed by atoms with E-state index in [1.165, 1.54) is 0 Å². The maximum Gasteiger partial charge on any atom is 0.226 e. The molecule has 4 heteroatoms. The molecule has 1 amide bonds. The van der Waals surface area contributed by atoms with Crippen LogP contribution in [0.2, 0.25) is 0 Å². The second-order valence-corrected chi connectivity index (χ2v) is 5.82. The SMILES string of the molecule is Cc1ccc(Br)cc1NC(=O)CC1(N)CCC1.